The molecule has 1 saturated carbocycles. The van der Waals surface area contributed by atoms with Crippen molar-refractivity contribution in [3.8, 4) is 0 Å². The Labute approximate surface area is 123 Å². The molecule has 1 fully saturated rings. The zero-order valence-electron chi connectivity index (χ0n) is 11.9. The predicted molar refractivity (Wildman–Crippen MR) is 77.8 cm³/mol. The highest BCUT2D eigenvalue weighted by Gasteiger charge is 2.27. The number of carbonyl (C=O) groups excluding carboxylic acids is 1. The summed E-state index contributed by atoms with van der Waals surface area (Å²) in [6.45, 7) is 0.765. The van der Waals surface area contributed by atoms with Crippen LogP contribution in [-0.4, -0.2) is 53.0 Å². The highest BCUT2D eigenvalue weighted by atomic mass is 31.2. The molecule has 9 heteroatoms. The molecule has 0 aromatic carbocycles. The van der Waals surface area contributed by atoms with Gasteiger partial charge >= 0.3 is 7.60 Å². The molecule has 0 heterocycles. The molecular weight excluding hydrogens is 297 g/mol. The van der Waals surface area contributed by atoms with Gasteiger partial charge in [-0.25, -0.2) is 0 Å². The van der Waals surface area contributed by atoms with Gasteiger partial charge in [-0.05, 0) is 31.3 Å². The van der Waals surface area contributed by atoms with E-state index in [-0.39, 0.29) is 11.9 Å². The van der Waals surface area contributed by atoms with Crippen LogP contribution in [0.1, 0.15) is 19.3 Å². The molecule has 21 heavy (non-hydrogen) atoms. The smallest absolute Gasteiger partial charge is 0.350 e. The summed E-state index contributed by atoms with van der Waals surface area (Å²) in [7, 11) is -2.23. The summed E-state index contributed by atoms with van der Waals surface area (Å²) >= 11 is 0. The highest BCUT2D eigenvalue weighted by Crippen LogP contribution is 2.37. The normalized spacial score (nSPS) is 22.4. The molecule has 0 aromatic heterocycles. The first kappa shape index (κ1) is 17.8. The molecule has 0 aliphatic heterocycles. The lowest BCUT2D eigenvalue weighted by atomic mass is 10.1. The minimum absolute atomic E-state index is 0.0196. The molecule has 1 aliphatic carbocycles. The molecule has 0 spiro atoms. The molecule has 0 radical (unpaired) electrons. The number of carbonyl (C=O) groups is 1. The molecule has 1 amide bonds. The van der Waals surface area contributed by atoms with Crippen molar-refractivity contribution in [2.45, 2.75) is 25.4 Å². The second-order valence-electron chi connectivity index (χ2n) is 5.19. The first-order chi connectivity index (χ1) is 9.80. The Morgan fingerprint density at radius 2 is 2.24 bits per heavy atom. The Hall–Kier alpha value is -1.21. The average Bonchev–Trinajstić information content (AvgIpc) is 2.81. The Morgan fingerprint density at radius 3 is 2.86 bits per heavy atom. The summed E-state index contributed by atoms with van der Waals surface area (Å²) in [6.07, 6.45) is 5.53. The third-order valence-electron chi connectivity index (χ3n) is 3.23. The largest absolute Gasteiger partial charge is 0.380 e. The fraction of sp³-hybridized carbons (Fsp3) is 0.667. The van der Waals surface area contributed by atoms with E-state index in [1.165, 1.54) is 6.08 Å². The van der Waals surface area contributed by atoms with Gasteiger partial charge in [0.05, 0.1) is 6.10 Å². The molecule has 0 bridgehead atoms. The van der Waals surface area contributed by atoms with E-state index in [1.807, 2.05) is 11.9 Å². The van der Waals surface area contributed by atoms with Crippen LogP contribution in [0.25, 0.3) is 0 Å². The van der Waals surface area contributed by atoms with Crippen molar-refractivity contribution in [2.24, 2.45) is 5.92 Å². The summed E-state index contributed by atoms with van der Waals surface area (Å²) in [5.41, 5.74) is 0. The van der Waals surface area contributed by atoms with Gasteiger partial charge < -0.3 is 24.7 Å². The number of amidine groups is 1. The van der Waals surface area contributed by atoms with Gasteiger partial charge in [-0.3, -0.25) is 14.8 Å². The van der Waals surface area contributed by atoms with Crippen LogP contribution in [0.5, 0.6) is 0 Å². The fourth-order valence-corrected chi connectivity index (χ4v) is 2.74. The molecule has 2 atom stereocenters. The lowest BCUT2D eigenvalue weighted by Crippen LogP contribution is -2.22. The Morgan fingerprint density at radius 1 is 1.52 bits per heavy atom. The monoisotopic (exact) mass is 319 g/mol. The molecule has 8 nitrogen and oxygen atoms in total. The van der Waals surface area contributed by atoms with Crippen LogP contribution in [0.15, 0.2) is 12.3 Å². The minimum Gasteiger partial charge on any atom is -0.380 e. The third-order valence-corrected chi connectivity index (χ3v) is 3.71. The van der Waals surface area contributed by atoms with Crippen molar-refractivity contribution in [3.05, 3.63) is 12.3 Å². The third kappa shape index (κ3) is 7.96. The molecule has 1 rings (SSSR count). The van der Waals surface area contributed by atoms with E-state index < -0.39 is 13.9 Å². The number of nitrogens with zero attached hydrogens (tertiary/aromatic N) is 1. The maximum Gasteiger partial charge on any atom is 0.350 e. The maximum atomic E-state index is 10.8. The SMILES string of the molecule is CN(/C=C\C(=N)NC=O)C[C@H]1CC[C@@H](OCP(=O)(O)O)C1. The van der Waals surface area contributed by atoms with Crippen LogP contribution < -0.4 is 5.32 Å². The second-order valence-corrected chi connectivity index (χ2v) is 6.78. The van der Waals surface area contributed by atoms with Gasteiger partial charge in [0.2, 0.25) is 6.41 Å². The van der Waals surface area contributed by atoms with E-state index in [2.05, 4.69) is 5.32 Å². The number of nitrogens with one attached hydrogen (secondary N) is 2. The molecule has 0 saturated heterocycles. The van der Waals surface area contributed by atoms with Gasteiger partial charge in [-0.1, -0.05) is 0 Å². The molecule has 0 unspecified atom stereocenters. The van der Waals surface area contributed by atoms with E-state index in [0.717, 1.165) is 25.8 Å². The Balaban J connectivity index is 2.29. The van der Waals surface area contributed by atoms with Crippen LogP contribution in [0.4, 0.5) is 0 Å². The van der Waals surface area contributed by atoms with Crippen molar-refractivity contribution in [2.75, 3.05) is 19.9 Å². The van der Waals surface area contributed by atoms with Gasteiger partial charge in [-0.15, -0.1) is 0 Å². The van der Waals surface area contributed by atoms with E-state index in [4.69, 9.17) is 19.9 Å². The second kappa shape index (κ2) is 8.29. The number of hydrogen-bond donors (Lipinski definition) is 4. The van der Waals surface area contributed by atoms with Gasteiger partial charge in [-0.2, -0.15) is 0 Å². The molecule has 4 N–H and O–H groups in total. The van der Waals surface area contributed by atoms with Gasteiger partial charge in [0.15, 0.2) is 0 Å². The topological polar surface area (TPSA) is 123 Å². The van der Waals surface area contributed by atoms with E-state index in [9.17, 15) is 9.36 Å². The minimum atomic E-state index is -4.10. The van der Waals surface area contributed by atoms with Gasteiger partial charge in [0.1, 0.15) is 12.2 Å². The lowest BCUT2D eigenvalue weighted by Gasteiger charge is -2.19. The van der Waals surface area contributed by atoms with Gasteiger partial charge in [0, 0.05) is 19.8 Å². The van der Waals surface area contributed by atoms with Crippen molar-refractivity contribution in [1.29, 1.82) is 5.41 Å². The molecular formula is C12H22N3O5P. The number of hydrogen-bond acceptors (Lipinski definition) is 5. The van der Waals surface area contributed by atoms with Crippen LogP contribution >= 0.6 is 7.60 Å². The van der Waals surface area contributed by atoms with Crippen LogP contribution in [0.3, 0.4) is 0 Å². The van der Waals surface area contributed by atoms with Crippen LogP contribution in [-0.2, 0) is 14.1 Å². The number of amides is 1. The van der Waals surface area contributed by atoms with E-state index in [1.54, 1.807) is 6.20 Å². The molecule has 1 aliphatic rings. The van der Waals surface area contributed by atoms with Crippen molar-refractivity contribution in [1.82, 2.24) is 10.2 Å². The number of rotatable bonds is 8. The van der Waals surface area contributed by atoms with E-state index in [0.29, 0.717) is 12.3 Å². The standard InChI is InChI=1S/C12H22N3O5P/c1-15(5-4-12(13)14-8-16)7-10-2-3-11(6-10)20-9-21(17,18)19/h4-5,8,10-11H,2-3,6-7,9H2,1H3,(H2,13,14,16)(H2,17,18,19)/b5-4-/t10-,11+/m0/s1. The van der Waals surface area contributed by atoms with Crippen molar-refractivity contribution < 1.29 is 23.9 Å². The zero-order valence-corrected chi connectivity index (χ0v) is 12.8. The highest BCUT2D eigenvalue weighted by molar-refractivity contribution is 7.51. The summed E-state index contributed by atoms with van der Waals surface area (Å²) < 4.78 is 16.0. The summed E-state index contributed by atoms with van der Waals surface area (Å²) in [5, 5.41) is 9.59. The summed E-state index contributed by atoms with van der Waals surface area (Å²) in [6, 6.07) is 0. The zero-order chi connectivity index (χ0) is 15.9. The van der Waals surface area contributed by atoms with Gasteiger partial charge in [0.25, 0.3) is 0 Å². The first-order valence-corrected chi connectivity index (χ1v) is 8.43. The van der Waals surface area contributed by atoms with Crippen molar-refractivity contribution in [3.63, 3.8) is 0 Å². The first-order valence-electron chi connectivity index (χ1n) is 6.63. The van der Waals surface area contributed by atoms with Crippen molar-refractivity contribution >= 4 is 19.8 Å². The Bertz CT molecular complexity index is 437. The quantitative estimate of drug-likeness (QED) is 0.223. The maximum absolute atomic E-state index is 10.8. The van der Waals surface area contributed by atoms with Crippen LogP contribution in [0.2, 0.25) is 0 Å². The Kier molecular flexibility index (Phi) is 7.04. The molecule has 120 valence electrons. The van der Waals surface area contributed by atoms with Crippen LogP contribution in [0, 0.1) is 11.3 Å². The fourth-order valence-electron chi connectivity index (χ4n) is 2.33. The van der Waals surface area contributed by atoms with E-state index >= 15 is 0 Å². The summed E-state index contributed by atoms with van der Waals surface area (Å²) in [4.78, 5) is 29.6. The number of ether oxygens (including phenoxy) is 1. The predicted octanol–water partition coefficient (Wildman–Crippen LogP) is 0.476. The average molecular weight is 319 g/mol. The lowest BCUT2D eigenvalue weighted by molar-refractivity contribution is -0.108. The summed E-state index contributed by atoms with van der Waals surface area (Å²) in [5.74, 6) is 0.403. The molecule has 0 aromatic rings.